The van der Waals surface area contributed by atoms with Gasteiger partial charge in [0, 0.05) is 26.2 Å². The quantitative estimate of drug-likeness (QED) is 0.673. The van der Waals surface area contributed by atoms with Crippen molar-refractivity contribution in [1.82, 2.24) is 24.1 Å². The Morgan fingerprint density at radius 2 is 1.95 bits per heavy atom. The summed E-state index contributed by atoms with van der Waals surface area (Å²) in [5.41, 5.74) is 0.646. The monoisotopic (exact) mass is 327 g/mol. The van der Waals surface area contributed by atoms with Crippen LogP contribution in [0.1, 0.15) is 0 Å². The van der Waals surface area contributed by atoms with Crippen LogP contribution in [0.2, 0.25) is 0 Å². The first-order chi connectivity index (χ1) is 10.5. The molecule has 3 heterocycles. The maximum absolute atomic E-state index is 11.3. The minimum Gasteiger partial charge on any atom is -0.394 e. The third-order valence-electron chi connectivity index (χ3n) is 3.62. The fourth-order valence-corrected chi connectivity index (χ4v) is 3.22. The molecule has 120 valence electrons. The molecular formula is C11H17N7O3S. The highest BCUT2D eigenvalue weighted by molar-refractivity contribution is 7.86. The first kappa shape index (κ1) is 15.1. The average molecular weight is 327 g/mol. The Bertz CT molecular complexity index is 767. The third-order valence-corrected chi connectivity index (χ3v) is 4.71. The number of aliphatic hydroxyl groups excluding tert-OH is 1. The summed E-state index contributed by atoms with van der Waals surface area (Å²) in [7, 11) is -3.65. The summed E-state index contributed by atoms with van der Waals surface area (Å²) in [5, 5.41) is 19.1. The molecule has 0 aromatic carbocycles. The Morgan fingerprint density at radius 1 is 1.23 bits per heavy atom. The molecule has 0 aliphatic carbocycles. The second-order valence-electron chi connectivity index (χ2n) is 4.96. The summed E-state index contributed by atoms with van der Waals surface area (Å²) in [5.74, 6) is 0.711. The van der Waals surface area contributed by atoms with E-state index in [2.05, 4.69) is 15.1 Å². The lowest BCUT2D eigenvalue weighted by molar-refractivity contribution is 0.271. The van der Waals surface area contributed by atoms with Gasteiger partial charge in [0.05, 0.1) is 24.7 Å². The van der Waals surface area contributed by atoms with Crippen LogP contribution >= 0.6 is 0 Å². The number of anilines is 1. The molecular weight excluding hydrogens is 310 g/mol. The standard InChI is InChI=1S/C11H17N7O3S/c12-22(20,21)17-3-1-16(2-4-17)10-9-7-15-18(5-6-19)11(9)14-8-13-10/h7-8,19H,1-6H2,(H2,12,20,21). The zero-order valence-corrected chi connectivity index (χ0v) is 12.6. The second kappa shape index (κ2) is 5.76. The molecule has 2 aromatic rings. The van der Waals surface area contributed by atoms with E-state index in [0.29, 0.717) is 44.2 Å². The summed E-state index contributed by atoms with van der Waals surface area (Å²) >= 11 is 0. The van der Waals surface area contributed by atoms with E-state index >= 15 is 0 Å². The molecule has 0 atom stereocenters. The normalized spacial score (nSPS) is 17.3. The van der Waals surface area contributed by atoms with Crippen molar-refractivity contribution in [3.8, 4) is 0 Å². The highest BCUT2D eigenvalue weighted by atomic mass is 32.2. The predicted molar refractivity (Wildman–Crippen MR) is 79.3 cm³/mol. The van der Waals surface area contributed by atoms with Crippen LogP contribution in [0, 0.1) is 0 Å². The summed E-state index contributed by atoms with van der Waals surface area (Å²) < 4.78 is 25.5. The summed E-state index contributed by atoms with van der Waals surface area (Å²) in [4.78, 5) is 10.5. The summed E-state index contributed by atoms with van der Waals surface area (Å²) in [6.45, 7) is 1.95. The first-order valence-corrected chi connectivity index (χ1v) is 8.31. The molecule has 0 radical (unpaired) electrons. The van der Waals surface area contributed by atoms with E-state index in [4.69, 9.17) is 10.2 Å². The van der Waals surface area contributed by atoms with E-state index in [1.165, 1.54) is 10.6 Å². The Kier molecular flexibility index (Phi) is 3.95. The molecule has 1 aliphatic heterocycles. The van der Waals surface area contributed by atoms with Gasteiger partial charge in [-0.15, -0.1) is 0 Å². The van der Waals surface area contributed by atoms with Crippen molar-refractivity contribution < 1.29 is 13.5 Å². The fourth-order valence-electron chi connectivity index (χ4n) is 2.55. The number of hydrogen-bond donors (Lipinski definition) is 2. The number of fused-ring (bicyclic) bond motifs is 1. The Balaban J connectivity index is 1.86. The van der Waals surface area contributed by atoms with Crippen LogP contribution in [-0.2, 0) is 16.8 Å². The Morgan fingerprint density at radius 3 is 2.59 bits per heavy atom. The minimum absolute atomic E-state index is 0.0247. The molecule has 0 saturated carbocycles. The molecule has 1 saturated heterocycles. The van der Waals surface area contributed by atoms with Gasteiger partial charge in [-0.05, 0) is 0 Å². The van der Waals surface area contributed by atoms with Crippen molar-refractivity contribution in [2.45, 2.75) is 6.54 Å². The molecule has 10 nitrogen and oxygen atoms in total. The summed E-state index contributed by atoms with van der Waals surface area (Å²) in [6.07, 6.45) is 3.10. The van der Waals surface area contributed by atoms with Crippen LogP contribution in [-0.4, -0.2) is 70.4 Å². The lowest BCUT2D eigenvalue weighted by Crippen LogP contribution is -2.51. The maximum atomic E-state index is 11.3. The largest absolute Gasteiger partial charge is 0.394 e. The predicted octanol–water partition coefficient (Wildman–Crippen LogP) is -1.86. The van der Waals surface area contributed by atoms with Gasteiger partial charge in [-0.25, -0.2) is 19.8 Å². The number of hydrogen-bond acceptors (Lipinski definition) is 7. The molecule has 3 rings (SSSR count). The van der Waals surface area contributed by atoms with Crippen LogP contribution in [0.5, 0.6) is 0 Å². The molecule has 0 amide bonds. The van der Waals surface area contributed by atoms with Gasteiger partial charge in [-0.1, -0.05) is 0 Å². The van der Waals surface area contributed by atoms with Crippen molar-refractivity contribution in [1.29, 1.82) is 0 Å². The van der Waals surface area contributed by atoms with Crippen LogP contribution in [0.15, 0.2) is 12.5 Å². The molecule has 0 unspecified atom stereocenters. The van der Waals surface area contributed by atoms with Gasteiger partial charge in [-0.2, -0.15) is 17.8 Å². The van der Waals surface area contributed by atoms with Gasteiger partial charge in [0.25, 0.3) is 10.2 Å². The van der Waals surface area contributed by atoms with E-state index in [-0.39, 0.29) is 6.61 Å². The van der Waals surface area contributed by atoms with Gasteiger partial charge in [-0.3, -0.25) is 0 Å². The van der Waals surface area contributed by atoms with Crippen LogP contribution in [0.4, 0.5) is 5.82 Å². The van der Waals surface area contributed by atoms with Gasteiger partial charge in [0.15, 0.2) is 5.65 Å². The lowest BCUT2D eigenvalue weighted by atomic mass is 10.3. The minimum atomic E-state index is -3.65. The number of nitrogens with two attached hydrogens (primary N) is 1. The lowest BCUT2D eigenvalue weighted by Gasteiger charge is -2.33. The average Bonchev–Trinajstić information content (AvgIpc) is 2.90. The van der Waals surface area contributed by atoms with Crippen LogP contribution in [0.3, 0.4) is 0 Å². The van der Waals surface area contributed by atoms with Gasteiger partial charge < -0.3 is 10.0 Å². The van der Waals surface area contributed by atoms with E-state index in [1.807, 2.05) is 4.90 Å². The van der Waals surface area contributed by atoms with Crippen molar-refractivity contribution >= 4 is 27.1 Å². The first-order valence-electron chi connectivity index (χ1n) is 6.81. The second-order valence-corrected chi connectivity index (χ2v) is 6.50. The Hall–Kier alpha value is -1.82. The van der Waals surface area contributed by atoms with Crippen molar-refractivity contribution in [2.24, 2.45) is 5.14 Å². The molecule has 3 N–H and O–H groups in total. The highest BCUT2D eigenvalue weighted by Crippen LogP contribution is 2.23. The van der Waals surface area contributed by atoms with Gasteiger partial charge >= 0.3 is 0 Å². The topological polar surface area (TPSA) is 130 Å². The SMILES string of the molecule is NS(=O)(=O)N1CCN(c2ncnc3c2cnn3CCO)CC1. The maximum Gasteiger partial charge on any atom is 0.277 e. The fraction of sp³-hybridized carbons (Fsp3) is 0.545. The van der Waals surface area contributed by atoms with Gasteiger partial charge in [0.1, 0.15) is 12.1 Å². The molecule has 0 spiro atoms. The molecule has 11 heteroatoms. The van der Waals surface area contributed by atoms with E-state index in [9.17, 15) is 8.42 Å². The van der Waals surface area contributed by atoms with Crippen molar-refractivity contribution in [2.75, 3.05) is 37.7 Å². The number of nitrogens with zero attached hydrogens (tertiary/aromatic N) is 6. The highest BCUT2D eigenvalue weighted by Gasteiger charge is 2.26. The third kappa shape index (κ3) is 2.75. The molecule has 22 heavy (non-hydrogen) atoms. The number of piperazine rings is 1. The van der Waals surface area contributed by atoms with E-state index in [1.54, 1.807) is 10.9 Å². The van der Waals surface area contributed by atoms with Gasteiger partial charge in [0.2, 0.25) is 0 Å². The number of aliphatic hydroxyl groups is 1. The van der Waals surface area contributed by atoms with Crippen molar-refractivity contribution in [3.05, 3.63) is 12.5 Å². The molecule has 1 aliphatic rings. The Labute approximate surface area is 127 Å². The van der Waals surface area contributed by atoms with Crippen LogP contribution in [0.25, 0.3) is 11.0 Å². The molecule has 1 fully saturated rings. The van der Waals surface area contributed by atoms with E-state index < -0.39 is 10.2 Å². The molecule has 0 bridgehead atoms. The van der Waals surface area contributed by atoms with E-state index in [0.717, 1.165) is 5.39 Å². The molecule has 2 aromatic heterocycles. The number of aromatic nitrogens is 4. The zero-order valence-electron chi connectivity index (χ0n) is 11.8. The van der Waals surface area contributed by atoms with Crippen molar-refractivity contribution in [3.63, 3.8) is 0 Å². The smallest absolute Gasteiger partial charge is 0.277 e. The van der Waals surface area contributed by atoms with Crippen LogP contribution < -0.4 is 10.0 Å². The number of rotatable bonds is 4. The zero-order chi connectivity index (χ0) is 15.7. The summed E-state index contributed by atoms with van der Waals surface area (Å²) in [6, 6.07) is 0.